The average Bonchev–Trinajstić information content (AvgIpc) is 2.40. The number of phenolic OH excluding ortho intramolecular Hbond substituents is 2. The van der Waals surface area contributed by atoms with Gasteiger partial charge in [-0.15, -0.1) is 0 Å². The summed E-state index contributed by atoms with van der Waals surface area (Å²) in [5.74, 6) is -3.29. The first kappa shape index (κ1) is 13.7. The van der Waals surface area contributed by atoms with Crippen LogP contribution < -0.4 is 5.32 Å². The summed E-state index contributed by atoms with van der Waals surface area (Å²) in [6, 6.07) is 2.20. The van der Waals surface area contributed by atoms with E-state index in [0.717, 1.165) is 17.0 Å². The molecule has 0 bridgehead atoms. The molecule has 0 aromatic heterocycles. The summed E-state index contributed by atoms with van der Waals surface area (Å²) in [5.41, 5.74) is -0.0127. The first-order valence-corrected chi connectivity index (χ1v) is 5.72. The van der Waals surface area contributed by atoms with E-state index in [1.807, 2.05) is 0 Å². The van der Waals surface area contributed by atoms with Gasteiger partial charge in [-0.25, -0.2) is 4.79 Å². The molecular weight excluding hydrogens is 268 g/mol. The van der Waals surface area contributed by atoms with E-state index >= 15 is 0 Å². The molecule has 0 spiro atoms. The van der Waals surface area contributed by atoms with Crippen molar-refractivity contribution in [2.24, 2.45) is 0 Å². The molecule has 0 aliphatic carbocycles. The number of nitrogens with zero attached hydrogens (tertiary/aromatic N) is 1. The van der Waals surface area contributed by atoms with Crippen LogP contribution in [0.5, 0.6) is 11.5 Å². The van der Waals surface area contributed by atoms with Crippen LogP contribution in [0.15, 0.2) is 18.2 Å². The molecule has 0 radical (unpaired) electrons. The highest BCUT2D eigenvalue weighted by atomic mass is 16.4. The molecule has 0 saturated carbocycles. The first-order chi connectivity index (χ1) is 9.40. The Balaban J connectivity index is 2.31. The van der Waals surface area contributed by atoms with Crippen LogP contribution in [0.2, 0.25) is 0 Å². The maximum absolute atomic E-state index is 12.2. The second-order valence-electron chi connectivity index (χ2n) is 4.29. The summed E-state index contributed by atoms with van der Waals surface area (Å²) in [6.45, 7) is -0.554. The Kier molecular flexibility index (Phi) is 3.47. The minimum Gasteiger partial charge on any atom is -0.504 e. The molecule has 106 valence electrons. The number of aromatic hydroxyl groups is 2. The fourth-order valence-electron chi connectivity index (χ4n) is 1.90. The monoisotopic (exact) mass is 280 g/mol. The van der Waals surface area contributed by atoms with Gasteiger partial charge in [0.05, 0.1) is 0 Å². The van der Waals surface area contributed by atoms with Gasteiger partial charge in [0, 0.05) is 12.1 Å². The Bertz CT molecular complexity index is 585. The van der Waals surface area contributed by atoms with Crippen LogP contribution in [0.1, 0.15) is 10.4 Å². The van der Waals surface area contributed by atoms with Gasteiger partial charge in [-0.1, -0.05) is 0 Å². The van der Waals surface area contributed by atoms with Crippen LogP contribution in [0, 0.1) is 0 Å². The summed E-state index contributed by atoms with van der Waals surface area (Å²) < 4.78 is 0. The Morgan fingerprint density at radius 2 is 1.95 bits per heavy atom. The lowest BCUT2D eigenvalue weighted by atomic mass is 10.1. The van der Waals surface area contributed by atoms with E-state index in [-0.39, 0.29) is 18.7 Å². The predicted molar refractivity (Wildman–Crippen MR) is 65.2 cm³/mol. The molecule has 1 aliphatic heterocycles. The molecule has 4 N–H and O–H groups in total. The highest BCUT2D eigenvalue weighted by Crippen LogP contribution is 2.26. The molecule has 8 nitrogen and oxygen atoms in total. The highest BCUT2D eigenvalue weighted by molar-refractivity contribution is 6.00. The molecule has 8 heteroatoms. The number of hydrogen-bond donors (Lipinski definition) is 4. The fraction of sp³-hybridized carbons (Fsp3) is 0.250. The van der Waals surface area contributed by atoms with Gasteiger partial charge in [-0.05, 0) is 18.2 Å². The third kappa shape index (κ3) is 2.48. The zero-order valence-corrected chi connectivity index (χ0v) is 10.2. The molecule has 1 aliphatic rings. The molecule has 20 heavy (non-hydrogen) atoms. The van der Waals surface area contributed by atoms with Crippen molar-refractivity contribution >= 4 is 17.8 Å². The highest BCUT2D eigenvalue weighted by Gasteiger charge is 2.35. The zero-order chi connectivity index (χ0) is 14.9. The second kappa shape index (κ2) is 5.08. The number of rotatable bonds is 2. The Labute approximate surface area is 113 Å². The third-order valence-electron chi connectivity index (χ3n) is 2.95. The number of phenols is 2. The quantitative estimate of drug-likeness (QED) is 0.521. The standard InChI is InChI=1S/C12H12N2O6/c15-8-2-1-6(3-9(8)16)11(18)14-5-10(17)13-4-7(14)12(19)20/h1-3,7,15-16H,4-5H2,(H,13,17)(H,19,20). The Morgan fingerprint density at radius 3 is 2.55 bits per heavy atom. The molecule has 1 aromatic carbocycles. The topological polar surface area (TPSA) is 127 Å². The molecule has 1 saturated heterocycles. The maximum Gasteiger partial charge on any atom is 0.328 e. The van der Waals surface area contributed by atoms with Gasteiger partial charge in [-0.3, -0.25) is 9.59 Å². The van der Waals surface area contributed by atoms with E-state index in [4.69, 9.17) is 5.11 Å². The lowest BCUT2D eigenvalue weighted by Gasteiger charge is -2.32. The number of carboxylic acid groups (broad SMARTS) is 1. The van der Waals surface area contributed by atoms with Gasteiger partial charge in [0.1, 0.15) is 12.6 Å². The largest absolute Gasteiger partial charge is 0.504 e. The number of amides is 2. The second-order valence-corrected chi connectivity index (χ2v) is 4.29. The Hall–Kier alpha value is -2.77. The van der Waals surface area contributed by atoms with Crippen LogP contribution in [0.3, 0.4) is 0 Å². The molecular formula is C12H12N2O6. The number of aliphatic carboxylic acids is 1. The van der Waals surface area contributed by atoms with E-state index in [0.29, 0.717) is 0 Å². The molecule has 1 atom stereocenters. The minimum absolute atomic E-state index is 0.0127. The zero-order valence-electron chi connectivity index (χ0n) is 10.2. The molecule has 1 unspecified atom stereocenters. The van der Waals surface area contributed by atoms with Crippen molar-refractivity contribution in [3.63, 3.8) is 0 Å². The van der Waals surface area contributed by atoms with Crippen molar-refractivity contribution in [3.8, 4) is 11.5 Å². The smallest absolute Gasteiger partial charge is 0.328 e. The van der Waals surface area contributed by atoms with Crippen LogP contribution in [0.4, 0.5) is 0 Å². The SMILES string of the molecule is O=C1CN(C(=O)c2ccc(O)c(O)c2)C(C(=O)O)CN1. The normalized spacial score (nSPS) is 18.5. The molecule has 1 fully saturated rings. The summed E-state index contributed by atoms with van der Waals surface area (Å²) in [5, 5.41) is 30.0. The summed E-state index contributed by atoms with van der Waals surface area (Å²) in [6.07, 6.45) is 0. The predicted octanol–water partition coefficient (Wildman–Crippen LogP) is -0.877. The molecule has 2 rings (SSSR count). The minimum atomic E-state index is -1.23. The number of nitrogens with one attached hydrogen (secondary N) is 1. The molecule has 1 heterocycles. The summed E-state index contributed by atoms with van der Waals surface area (Å²) in [4.78, 5) is 35.5. The summed E-state index contributed by atoms with van der Waals surface area (Å²) in [7, 11) is 0. The van der Waals surface area contributed by atoms with Gasteiger partial charge < -0.3 is 25.5 Å². The van der Waals surface area contributed by atoms with Crippen molar-refractivity contribution in [3.05, 3.63) is 23.8 Å². The number of hydrogen-bond acceptors (Lipinski definition) is 5. The van der Waals surface area contributed by atoms with Crippen LogP contribution >= 0.6 is 0 Å². The number of benzene rings is 1. The lowest BCUT2D eigenvalue weighted by molar-refractivity contribution is -0.144. The number of carbonyl (C=O) groups excluding carboxylic acids is 2. The van der Waals surface area contributed by atoms with E-state index in [2.05, 4.69) is 5.32 Å². The third-order valence-corrected chi connectivity index (χ3v) is 2.95. The van der Waals surface area contributed by atoms with Gasteiger partial charge in [0.25, 0.3) is 5.91 Å². The number of carboxylic acids is 1. The van der Waals surface area contributed by atoms with E-state index < -0.39 is 35.3 Å². The summed E-state index contributed by atoms with van der Waals surface area (Å²) >= 11 is 0. The van der Waals surface area contributed by atoms with Crippen molar-refractivity contribution in [1.82, 2.24) is 10.2 Å². The molecule has 2 amide bonds. The van der Waals surface area contributed by atoms with Crippen molar-refractivity contribution in [1.29, 1.82) is 0 Å². The van der Waals surface area contributed by atoms with E-state index in [1.165, 1.54) is 6.07 Å². The molecule has 1 aromatic rings. The van der Waals surface area contributed by atoms with E-state index in [9.17, 15) is 24.6 Å². The number of piperazine rings is 1. The van der Waals surface area contributed by atoms with Gasteiger partial charge in [0.2, 0.25) is 5.91 Å². The average molecular weight is 280 g/mol. The van der Waals surface area contributed by atoms with Crippen molar-refractivity contribution < 1.29 is 29.7 Å². The van der Waals surface area contributed by atoms with Crippen LogP contribution in [0.25, 0.3) is 0 Å². The van der Waals surface area contributed by atoms with Gasteiger partial charge in [0.15, 0.2) is 11.5 Å². The van der Waals surface area contributed by atoms with Crippen LogP contribution in [-0.4, -0.2) is 57.1 Å². The van der Waals surface area contributed by atoms with Crippen LogP contribution in [-0.2, 0) is 9.59 Å². The van der Waals surface area contributed by atoms with Gasteiger partial charge in [-0.2, -0.15) is 0 Å². The first-order valence-electron chi connectivity index (χ1n) is 5.72. The van der Waals surface area contributed by atoms with Crippen molar-refractivity contribution in [2.75, 3.05) is 13.1 Å². The number of carbonyl (C=O) groups is 3. The maximum atomic E-state index is 12.2. The van der Waals surface area contributed by atoms with E-state index in [1.54, 1.807) is 0 Å². The fourth-order valence-corrected chi connectivity index (χ4v) is 1.90. The van der Waals surface area contributed by atoms with Crippen molar-refractivity contribution in [2.45, 2.75) is 6.04 Å². The Morgan fingerprint density at radius 1 is 1.25 bits per heavy atom. The van der Waals surface area contributed by atoms with Gasteiger partial charge >= 0.3 is 5.97 Å². The lowest BCUT2D eigenvalue weighted by Crippen LogP contribution is -2.59.